The lowest BCUT2D eigenvalue weighted by atomic mass is 9.86. The van der Waals surface area contributed by atoms with Gasteiger partial charge in [-0.1, -0.05) is 42.5 Å². The second-order valence-electron chi connectivity index (χ2n) is 11.6. The van der Waals surface area contributed by atoms with Crippen LogP contribution in [0.4, 0.5) is 17.3 Å². The van der Waals surface area contributed by atoms with Crippen LogP contribution < -0.4 is 19.6 Å². The molecule has 10 heteroatoms. The van der Waals surface area contributed by atoms with E-state index in [-0.39, 0.29) is 35.1 Å². The van der Waals surface area contributed by atoms with E-state index in [1.165, 1.54) is 4.90 Å². The second kappa shape index (κ2) is 13.4. The van der Waals surface area contributed by atoms with Gasteiger partial charge in [-0.3, -0.25) is 9.59 Å². The van der Waals surface area contributed by atoms with Crippen molar-refractivity contribution in [3.05, 3.63) is 73.3 Å². The van der Waals surface area contributed by atoms with E-state index in [0.717, 1.165) is 17.1 Å². The monoisotopic (exact) mass is 601 g/mol. The number of piperazine rings is 1. The minimum Gasteiger partial charge on any atom is -0.370 e. The molecule has 234 valence electrons. The van der Waals surface area contributed by atoms with Gasteiger partial charge in [0, 0.05) is 45.8 Å². The summed E-state index contributed by atoms with van der Waals surface area (Å²) in [6.45, 7) is 17.0. The van der Waals surface area contributed by atoms with E-state index in [0.29, 0.717) is 71.1 Å². The molecule has 1 aromatic carbocycles. The molecule has 0 saturated carbocycles. The molecule has 1 aromatic heterocycles. The van der Waals surface area contributed by atoms with Gasteiger partial charge in [0.25, 0.3) is 5.82 Å². The minimum atomic E-state index is -1.71. The maximum absolute atomic E-state index is 15.5. The molecule has 3 aliphatic heterocycles. The van der Waals surface area contributed by atoms with Gasteiger partial charge in [-0.2, -0.15) is 4.98 Å². The fourth-order valence-electron chi connectivity index (χ4n) is 7.05. The summed E-state index contributed by atoms with van der Waals surface area (Å²) in [5, 5.41) is 3.40. The molecule has 3 fully saturated rings. The Morgan fingerprint density at radius 2 is 1.75 bits per heavy atom. The first-order valence-corrected chi connectivity index (χ1v) is 15.7. The number of carbonyl (C=O) groups is 3. The van der Waals surface area contributed by atoms with E-state index in [2.05, 4.69) is 42.1 Å². The summed E-state index contributed by atoms with van der Waals surface area (Å²) in [5.74, 6) is 0.315. The normalized spacial score (nSPS) is 22.5. The van der Waals surface area contributed by atoms with Crippen molar-refractivity contribution in [1.29, 1.82) is 0 Å². The molecule has 0 radical (unpaired) electrons. The molecule has 0 bridgehead atoms. The summed E-state index contributed by atoms with van der Waals surface area (Å²) in [7, 11) is 0. The Labute approximate surface area is 260 Å². The number of anilines is 2. The number of carbonyl (C=O) groups excluding carboxylic acids is 3. The van der Waals surface area contributed by atoms with Gasteiger partial charge in [0.15, 0.2) is 5.78 Å². The molecule has 0 aliphatic carbocycles. The number of nitrogens with zero attached hydrogens (tertiary/aromatic N) is 5. The number of hydrogen-bond acceptors (Lipinski definition) is 8. The first-order valence-electron chi connectivity index (χ1n) is 15.7. The number of likely N-dealkylation sites (N-methyl/N-ethyl adjacent to an activating group) is 2. The summed E-state index contributed by atoms with van der Waals surface area (Å²) in [4.78, 5) is 54.0. The Kier molecular flexibility index (Phi) is 9.62. The van der Waals surface area contributed by atoms with Crippen LogP contribution in [0.2, 0.25) is 0 Å². The molecule has 2 unspecified atom stereocenters. The lowest BCUT2D eigenvalue weighted by Crippen LogP contribution is -2.74. The number of fused-ring (bicyclic) bond motifs is 1. The van der Waals surface area contributed by atoms with Crippen LogP contribution >= 0.6 is 0 Å². The van der Waals surface area contributed by atoms with Gasteiger partial charge in [0.05, 0.1) is 13.0 Å². The zero-order valence-corrected chi connectivity index (χ0v) is 26.0. The van der Waals surface area contributed by atoms with Crippen LogP contribution in [0.1, 0.15) is 32.3 Å². The number of amides is 2. The summed E-state index contributed by atoms with van der Waals surface area (Å²) in [6, 6.07) is 13.7. The standard InChI is InChI=1S/C34H45N6O4/c1-5-19-37(7-3)27-14-15-30(38(8-4)20-6-2)36-32(27)40(22-17-35-18-23-40)33(43)34-28(41)24-31(42)39(34)21-16-29(34)44-25-26-12-10-9-11-13-26/h5-6,9-15,29,35H,1-2,7-8,16-25H2,3-4H3/q+1. The van der Waals surface area contributed by atoms with Crippen molar-refractivity contribution >= 4 is 34.9 Å². The third-order valence-electron chi connectivity index (χ3n) is 9.27. The molecule has 3 aliphatic rings. The van der Waals surface area contributed by atoms with Crippen LogP contribution in [0.5, 0.6) is 0 Å². The van der Waals surface area contributed by atoms with Gasteiger partial charge in [-0.05, 0) is 38.0 Å². The first-order chi connectivity index (χ1) is 21.4. The van der Waals surface area contributed by atoms with Crippen molar-refractivity contribution in [2.45, 2.75) is 44.9 Å². The molecular weight excluding hydrogens is 556 g/mol. The fourth-order valence-corrected chi connectivity index (χ4v) is 7.05. The number of aromatic nitrogens is 1. The smallest absolute Gasteiger partial charge is 0.356 e. The number of quaternary nitrogens is 1. The zero-order valence-electron chi connectivity index (χ0n) is 26.0. The Morgan fingerprint density at radius 3 is 2.41 bits per heavy atom. The molecule has 5 rings (SSSR count). The molecule has 44 heavy (non-hydrogen) atoms. The third-order valence-corrected chi connectivity index (χ3v) is 9.27. The summed E-state index contributed by atoms with van der Waals surface area (Å²) < 4.78 is 6.29. The van der Waals surface area contributed by atoms with E-state index in [9.17, 15) is 9.59 Å². The van der Waals surface area contributed by atoms with Gasteiger partial charge < -0.3 is 24.8 Å². The zero-order chi connectivity index (χ0) is 31.3. The number of ketones is 1. The van der Waals surface area contributed by atoms with Crippen LogP contribution in [0.25, 0.3) is 0 Å². The minimum absolute atomic E-state index is 0.157. The highest BCUT2D eigenvalue weighted by Gasteiger charge is 2.72. The highest BCUT2D eigenvalue weighted by Crippen LogP contribution is 2.45. The largest absolute Gasteiger partial charge is 0.370 e. The SMILES string of the molecule is C=CCN(CC)c1ccc(N(CC)CC=C)c([N+]2(C(=O)C34C(=O)CC(=O)N3CCC4OCc3ccccc3)CCNCC2)n1. The van der Waals surface area contributed by atoms with E-state index in [1.54, 1.807) is 0 Å². The lowest BCUT2D eigenvalue weighted by molar-refractivity contribution is -0.158. The number of hydrogen-bond donors (Lipinski definition) is 1. The molecule has 2 atom stereocenters. The number of benzene rings is 1. The predicted octanol–water partition coefficient (Wildman–Crippen LogP) is 3.07. The number of Topliss-reactive ketones (excluding diaryl/α,β-unsaturated/α-hetero) is 1. The molecular formula is C34H45N6O4+. The van der Waals surface area contributed by atoms with E-state index >= 15 is 4.79 Å². The van der Waals surface area contributed by atoms with Gasteiger partial charge in [-0.25, -0.2) is 9.28 Å². The molecule has 2 amide bonds. The highest BCUT2D eigenvalue weighted by atomic mass is 16.5. The average molecular weight is 602 g/mol. The van der Waals surface area contributed by atoms with Crippen LogP contribution in [0.15, 0.2) is 67.8 Å². The summed E-state index contributed by atoms with van der Waals surface area (Å²) >= 11 is 0. The number of pyridine rings is 1. The molecule has 3 saturated heterocycles. The van der Waals surface area contributed by atoms with Crippen molar-refractivity contribution in [3.63, 3.8) is 0 Å². The second-order valence-corrected chi connectivity index (χ2v) is 11.6. The Balaban J connectivity index is 1.68. The van der Waals surface area contributed by atoms with Gasteiger partial charge in [-0.15, -0.1) is 13.2 Å². The van der Waals surface area contributed by atoms with Gasteiger partial charge in [0.2, 0.25) is 11.4 Å². The van der Waals surface area contributed by atoms with Crippen LogP contribution in [-0.4, -0.2) is 98.0 Å². The topological polar surface area (TPSA) is 95.1 Å². The first kappa shape index (κ1) is 31.6. The maximum atomic E-state index is 15.5. The van der Waals surface area contributed by atoms with E-state index in [4.69, 9.17) is 9.72 Å². The lowest BCUT2D eigenvalue weighted by Gasteiger charge is -2.45. The average Bonchev–Trinajstić information content (AvgIpc) is 3.57. The summed E-state index contributed by atoms with van der Waals surface area (Å²) in [5.41, 5.74) is 0.0533. The maximum Gasteiger partial charge on any atom is 0.356 e. The molecule has 10 nitrogen and oxygen atoms in total. The van der Waals surface area contributed by atoms with Gasteiger partial charge >= 0.3 is 5.91 Å². The van der Waals surface area contributed by atoms with E-state index < -0.39 is 11.6 Å². The number of ether oxygens (including phenoxy) is 1. The summed E-state index contributed by atoms with van der Waals surface area (Å²) in [6.07, 6.45) is 3.03. The third kappa shape index (κ3) is 5.35. The quantitative estimate of drug-likeness (QED) is 0.213. The van der Waals surface area contributed by atoms with Crippen LogP contribution in [0.3, 0.4) is 0 Å². The van der Waals surface area contributed by atoms with Crippen molar-refractivity contribution in [2.75, 3.05) is 68.7 Å². The van der Waals surface area contributed by atoms with Crippen LogP contribution in [-0.2, 0) is 25.7 Å². The Morgan fingerprint density at radius 1 is 1.07 bits per heavy atom. The number of nitrogens with one attached hydrogen (secondary N) is 1. The van der Waals surface area contributed by atoms with Crippen molar-refractivity contribution in [2.24, 2.45) is 0 Å². The predicted molar refractivity (Wildman–Crippen MR) is 174 cm³/mol. The Bertz CT molecular complexity index is 1390. The van der Waals surface area contributed by atoms with Crippen LogP contribution in [0, 0.1) is 0 Å². The fraction of sp³-hybridized carbons (Fsp3) is 0.471. The number of rotatable bonds is 13. The van der Waals surface area contributed by atoms with Crippen molar-refractivity contribution in [1.82, 2.24) is 19.7 Å². The van der Waals surface area contributed by atoms with Gasteiger partial charge in [0.1, 0.15) is 30.7 Å². The van der Waals surface area contributed by atoms with E-state index in [1.807, 2.05) is 54.6 Å². The molecule has 1 N–H and O–H groups in total. The molecule has 0 spiro atoms. The van der Waals surface area contributed by atoms with Crippen molar-refractivity contribution in [3.8, 4) is 0 Å². The highest BCUT2D eigenvalue weighted by molar-refractivity contribution is 6.25. The Hall–Kier alpha value is -3.86. The van der Waals surface area contributed by atoms with Crippen molar-refractivity contribution < 1.29 is 19.1 Å². The molecule has 2 aromatic rings. The molecule has 4 heterocycles.